The highest BCUT2D eigenvalue weighted by molar-refractivity contribution is 5.76. The summed E-state index contributed by atoms with van der Waals surface area (Å²) in [4.78, 5) is 25.5. The first-order valence-corrected chi connectivity index (χ1v) is 10.2. The molecule has 32 heavy (non-hydrogen) atoms. The molecule has 4 aromatic rings. The number of carbonyl (C=O) groups is 1. The van der Waals surface area contributed by atoms with Crippen LogP contribution in [0.2, 0.25) is 0 Å². The van der Waals surface area contributed by atoms with E-state index in [2.05, 4.69) is 10.4 Å². The lowest BCUT2D eigenvalue weighted by Crippen LogP contribution is -2.32. The van der Waals surface area contributed by atoms with E-state index in [9.17, 15) is 14.7 Å². The van der Waals surface area contributed by atoms with Gasteiger partial charge >= 0.3 is 0 Å². The minimum absolute atomic E-state index is 0.137. The van der Waals surface area contributed by atoms with Crippen molar-refractivity contribution in [3.8, 4) is 17.0 Å². The molecular formula is C24H24N4O4. The van der Waals surface area contributed by atoms with Gasteiger partial charge in [0.2, 0.25) is 5.91 Å². The quantitative estimate of drug-likeness (QED) is 0.467. The van der Waals surface area contributed by atoms with Crippen molar-refractivity contribution in [3.63, 3.8) is 0 Å². The van der Waals surface area contributed by atoms with Gasteiger partial charge in [-0.2, -0.15) is 5.10 Å². The molecule has 2 heterocycles. The Kier molecular flexibility index (Phi) is 6.04. The highest BCUT2D eigenvalue weighted by atomic mass is 16.5. The summed E-state index contributed by atoms with van der Waals surface area (Å²) in [6.07, 6.45) is 3.14. The fourth-order valence-electron chi connectivity index (χ4n) is 3.52. The van der Waals surface area contributed by atoms with E-state index in [1.54, 1.807) is 13.3 Å². The van der Waals surface area contributed by atoms with Crippen LogP contribution in [0.4, 0.5) is 0 Å². The topological polar surface area (TPSA) is 97.9 Å². The van der Waals surface area contributed by atoms with E-state index in [4.69, 9.17) is 4.74 Å². The lowest BCUT2D eigenvalue weighted by Gasteiger charge is -2.09. The first kappa shape index (κ1) is 21.3. The lowest BCUT2D eigenvalue weighted by molar-refractivity contribution is -0.121. The van der Waals surface area contributed by atoms with Crippen LogP contribution >= 0.6 is 0 Å². The number of methoxy groups -OCH3 is 1. The number of aryl methyl sites for hydroxylation is 1. The minimum atomic E-state index is -0.387. The van der Waals surface area contributed by atoms with Gasteiger partial charge in [-0.15, -0.1) is 0 Å². The first-order chi connectivity index (χ1) is 15.5. The number of hydrogen-bond acceptors (Lipinski definition) is 5. The molecule has 0 saturated carbocycles. The molecule has 0 unspecified atom stereocenters. The number of aromatic nitrogens is 3. The molecular weight excluding hydrogens is 408 g/mol. The average Bonchev–Trinajstić information content (AvgIpc) is 3.20. The summed E-state index contributed by atoms with van der Waals surface area (Å²) in [5, 5.41) is 17.3. The van der Waals surface area contributed by atoms with Crippen LogP contribution in [0.3, 0.4) is 0 Å². The Morgan fingerprint density at radius 2 is 1.81 bits per heavy atom. The van der Waals surface area contributed by atoms with E-state index in [1.165, 1.54) is 15.3 Å². The second kappa shape index (κ2) is 9.07. The van der Waals surface area contributed by atoms with Gasteiger partial charge in [-0.25, -0.2) is 4.52 Å². The molecule has 0 aliphatic heterocycles. The number of hydrogen-bond donors (Lipinski definition) is 2. The maximum atomic E-state index is 13.1. The summed E-state index contributed by atoms with van der Waals surface area (Å²) in [6.45, 7) is 1.85. The third-order valence-electron chi connectivity index (χ3n) is 5.31. The van der Waals surface area contributed by atoms with Crippen molar-refractivity contribution in [2.75, 3.05) is 7.11 Å². The summed E-state index contributed by atoms with van der Waals surface area (Å²) in [6, 6.07) is 15.1. The van der Waals surface area contributed by atoms with Crippen LogP contribution in [-0.4, -0.2) is 32.3 Å². The summed E-state index contributed by atoms with van der Waals surface area (Å²) in [7, 11) is 1.60. The predicted octanol–water partition coefficient (Wildman–Crippen LogP) is 2.29. The van der Waals surface area contributed by atoms with E-state index < -0.39 is 0 Å². The average molecular weight is 432 g/mol. The number of fused-ring (bicyclic) bond motifs is 1. The Morgan fingerprint density at radius 1 is 1.09 bits per heavy atom. The van der Waals surface area contributed by atoms with E-state index in [0.717, 1.165) is 22.4 Å². The van der Waals surface area contributed by atoms with Gasteiger partial charge in [-0.3, -0.25) is 9.59 Å². The zero-order valence-corrected chi connectivity index (χ0v) is 17.9. The third-order valence-corrected chi connectivity index (χ3v) is 5.31. The number of aliphatic hydroxyl groups excluding tert-OH is 1. The predicted molar refractivity (Wildman–Crippen MR) is 120 cm³/mol. The van der Waals surface area contributed by atoms with Gasteiger partial charge in [0.05, 0.1) is 19.4 Å². The van der Waals surface area contributed by atoms with E-state index in [0.29, 0.717) is 17.8 Å². The van der Waals surface area contributed by atoms with Crippen LogP contribution in [0.1, 0.15) is 16.7 Å². The molecule has 2 aromatic carbocycles. The van der Waals surface area contributed by atoms with Gasteiger partial charge in [-0.1, -0.05) is 42.0 Å². The van der Waals surface area contributed by atoms with Crippen molar-refractivity contribution >= 4 is 11.4 Å². The number of nitrogens with zero attached hydrogens (tertiary/aromatic N) is 3. The number of aliphatic hydroxyl groups is 1. The van der Waals surface area contributed by atoms with Gasteiger partial charge in [-0.05, 0) is 24.6 Å². The Bertz CT molecular complexity index is 1310. The fourth-order valence-corrected chi connectivity index (χ4v) is 3.52. The van der Waals surface area contributed by atoms with Crippen LogP contribution in [-0.2, 0) is 24.5 Å². The fraction of sp³-hybridized carbons (Fsp3) is 0.208. The minimum Gasteiger partial charge on any atom is -0.497 e. The molecule has 0 saturated heterocycles. The van der Waals surface area contributed by atoms with E-state index in [1.807, 2.05) is 55.5 Å². The van der Waals surface area contributed by atoms with Crippen molar-refractivity contribution in [1.82, 2.24) is 19.5 Å². The lowest BCUT2D eigenvalue weighted by atomic mass is 10.1. The molecule has 8 nitrogen and oxygen atoms in total. The van der Waals surface area contributed by atoms with Gasteiger partial charge < -0.3 is 19.7 Å². The Morgan fingerprint density at radius 3 is 2.47 bits per heavy atom. The Labute approximate surface area is 184 Å². The van der Waals surface area contributed by atoms with Gasteiger partial charge in [0.25, 0.3) is 5.56 Å². The Hall–Kier alpha value is -3.91. The van der Waals surface area contributed by atoms with Crippen LogP contribution < -0.4 is 15.6 Å². The van der Waals surface area contributed by atoms with E-state index >= 15 is 0 Å². The highest BCUT2D eigenvalue weighted by Gasteiger charge is 2.18. The summed E-state index contributed by atoms with van der Waals surface area (Å²) >= 11 is 0. The molecule has 0 atom stereocenters. The molecule has 2 aromatic heterocycles. The number of rotatable bonds is 7. The molecule has 0 fully saturated rings. The number of nitrogens with one attached hydrogen (secondary N) is 1. The zero-order valence-electron chi connectivity index (χ0n) is 17.9. The normalized spacial score (nSPS) is 11.0. The number of benzene rings is 2. The van der Waals surface area contributed by atoms with Crippen molar-refractivity contribution in [1.29, 1.82) is 0 Å². The van der Waals surface area contributed by atoms with Crippen molar-refractivity contribution in [2.45, 2.75) is 26.6 Å². The molecule has 0 aliphatic carbocycles. The number of amides is 1. The smallest absolute Gasteiger partial charge is 0.277 e. The molecule has 0 spiro atoms. The number of carbonyl (C=O) groups excluding carboxylic acids is 1. The van der Waals surface area contributed by atoms with Crippen molar-refractivity contribution in [2.24, 2.45) is 0 Å². The summed E-state index contributed by atoms with van der Waals surface area (Å²) < 4.78 is 7.90. The molecule has 1 amide bonds. The summed E-state index contributed by atoms with van der Waals surface area (Å²) in [5.41, 5.74) is 3.69. The van der Waals surface area contributed by atoms with Crippen LogP contribution in [0.5, 0.6) is 5.75 Å². The van der Waals surface area contributed by atoms with Crippen molar-refractivity contribution in [3.05, 3.63) is 88.0 Å². The molecule has 0 radical (unpaired) electrons. The maximum absolute atomic E-state index is 13.1. The van der Waals surface area contributed by atoms with Crippen molar-refractivity contribution < 1.29 is 14.6 Å². The second-order valence-corrected chi connectivity index (χ2v) is 7.50. The Balaban J connectivity index is 1.56. The summed E-state index contributed by atoms with van der Waals surface area (Å²) in [5.74, 6) is 0.446. The van der Waals surface area contributed by atoms with Crippen LogP contribution in [0.15, 0.2) is 65.7 Å². The SMILES string of the molecule is COc1ccc(CNC(=O)Cn2ccn3nc(-c4ccc(C)cc4)c(CO)c3c2=O)cc1. The molecule has 4 rings (SSSR count). The number of ether oxygens (including phenoxy) is 1. The molecule has 0 bridgehead atoms. The van der Waals surface area contributed by atoms with Crippen LogP contribution in [0.25, 0.3) is 16.8 Å². The maximum Gasteiger partial charge on any atom is 0.277 e. The van der Waals surface area contributed by atoms with Crippen LogP contribution in [0, 0.1) is 6.92 Å². The third kappa shape index (κ3) is 4.26. The first-order valence-electron chi connectivity index (χ1n) is 10.2. The molecule has 8 heteroatoms. The highest BCUT2D eigenvalue weighted by Crippen LogP contribution is 2.25. The van der Waals surface area contributed by atoms with Gasteiger partial charge in [0, 0.05) is 30.1 Å². The molecule has 164 valence electrons. The van der Waals surface area contributed by atoms with E-state index in [-0.39, 0.29) is 30.1 Å². The van der Waals surface area contributed by atoms with Gasteiger partial charge in [0.15, 0.2) is 0 Å². The second-order valence-electron chi connectivity index (χ2n) is 7.50. The molecule has 2 N–H and O–H groups in total. The zero-order chi connectivity index (χ0) is 22.7. The monoisotopic (exact) mass is 432 g/mol. The molecule has 0 aliphatic rings. The standard InChI is InChI=1S/C24H24N4O4/c1-16-3-7-18(8-4-16)22-20(15-29)23-24(31)27(11-12-28(23)26-22)14-21(30)25-13-17-5-9-19(32-2)10-6-17/h3-12,29H,13-15H2,1-2H3,(H,25,30). The largest absolute Gasteiger partial charge is 0.497 e. The van der Waals surface area contributed by atoms with Gasteiger partial charge in [0.1, 0.15) is 17.8 Å².